The predicted molar refractivity (Wildman–Crippen MR) is 61.1 cm³/mol. The number of hydrogen-bond acceptors (Lipinski definition) is 2. The zero-order chi connectivity index (χ0) is 9.52. The van der Waals surface area contributed by atoms with E-state index in [0.717, 1.165) is 13.1 Å². The van der Waals surface area contributed by atoms with Crippen LogP contribution in [0.1, 0.15) is 25.1 Å². The van der Waals surface area contributed by atoms with Crippen molar-refractivity contribution in [1.29, 1.82) is 0 Å². The van der Waals surface area contributed by atoms with Crippen molar-refractivity contribution in [3.05, 3.63) is 28.0 Å². The first-order valence-electron chi connectivity index (χ1n) is 4.74. The average molecular weight is 195 g/mol. The molecule has 1 heterocycles. The lowest BCUT2D eigenvalue weighted by molar-refractivity contribution is 0.715. The molecule has 0 aromatic carbocycles. The Balaban J connectivity index is 2.34. The molecule has 0 amide bonds. The maximum Gasteiger partial charge on any atom is 0.0270 e. The van der Waals surface area contributed by atoms with Crippen LogP contribution in [-0.4, -0.2) is 13.1 Å². The third kappa shape index (κ3) is 4.25. The van der Waals surface area contributed by atoms with Gasteiger partial charge in [0.2, 0.25) is 0 Å². The summed E-state index contributed by atoms with van der Waals surface area (Å²) in [5.41, 5.74) is 1.40. The van der Waals surface area contributed by atoms with E-state index in [1.54, 1.807) is 11.3 Å². The van der Waals surface area contributed by atoms with Crippen molar-refractivity contribution in [2.75, 3.05) is 13.1 Å². The van der Waals surface area contributed by atoms with Gasteiger partial charge in [-0.15, -0.1) is 11.3 Å². The summed E-state index contributed by atoms with van der Waals surface area (Å²) in [6, 6.07) is 4.23. The molecule has 0 spiro atoms. The first-order chi connectivity index (χ1) is 6.33. The third-order valence-corrected chi connectivity index (χ3v) is 2.58. The lowest BCUT2D eigenvalue weighted by Crippen LogP contribution is -2.16. The van der Waals surface area contributed by atoms with Gasteiger partial charge in [-0.1, -0.05) is 18.6 Å². The fraction of sp³-hybridized carbons (Fsp3) is 0.455. The van der Waals surface area contributed by atoms with Crippen molar-refractivity contribution in [1.82, 2.24) is 5.32 Å². The molecule has 0 radical (unpaired) electrons. The Bertz CT molecular complexity index is 249. The van der Waals surface area contributed by atoms with Gasteiger partial charge in [0.15, 0.2) is 0 Å². The van der Waals surface area contributed by atoms with E-state index in [4.69, 9.17) is 0 Å². The molecule has 0 unspecified atom stereocenters. The van der Waals surface area contributed by atoms with Crippen LogP contribution < -0.4 is 5.32 Å². The number of rotatable bonds is 5. The number of nitrogens with one attached hydrogen (secondary N) is 1. The van der Waals surface area contributed by atoms with Gasteiger partial charge in [-0.25, -0.2) is 0 Å². The molecule has 0 aliphatic rings. The van der Waals surface area contributed by atoms with Gasteiger partial charge in [-0.05, 0) is 37.4 Å². The van der Waals surface area contributed by atoms with Crippen molar-refractivity contribution < 1.29 is 0 Å². The minimum Gasteiger partial charge on any atom is -0.313 e. The molecule has 0 saturated carbocycles. The van der Waals surface area contributed by atoms with E-state index in [-0.39, 0.29) is 0 Å². The second-order valence-corrected chi connectivity index (χ2v) is 4.16. The summed E-state index contributed by atoms with van der Waals surface area (Å²) >= 11 is 1.79. The molecule has 2 heteroatoms. The minimum atomic E-state index is 1.01. The topological polar surface area (TPSA) is 12.0 Å². The maximum atomic E-state index is 3.38. The molecule has 72 valence electrons. The summed E-state index contributed by atoms with van der Waals surface area (Å²) in [6.07, 6.45) is 3.44. The molecular weight excluding hydrogens is 178 g/mol. The molecule has 0 bridgehead atoms. The van der Waals surface area contributed by atoms with Gasteiger partial charge in [0, 0.05) is 11.4 Å². The highest BCUT2D eigenvalue weighted by molar-refractivity contribution is 7.10. The Morgan fingerprint density at radius 2 is 2.46 bits per heavy atom. The Morgan fingerprint density at radius 1 is 1.62 bits per heavy atom. The van der Waals surface area contributed by atoms with Crippen LogP contribution in [0.2, 0.25) is 0 Å². The molecule has 0 saturated heterocycles. The summed E-state index contributed by atoms with van der Waals surface area (Å²) in [5.74, 6) is 0. The quantitative estimate of drug-likeness (QED) is 0.712. The van der Waals surface area contributed by atoms with Crippen LogP contribution in [0.3, 0.4) is 0 Å². The summed E-state index contributed by atoms with van der Waals surface area (Å²) < 4.78 is 0. The van der Waals surface area contributed by atoms with E-state index >= 15 is 0 Å². The van der Waals surface area contributed by atoms with Crippen LogP contribution in [0, 0.1) is 0 Å². The molecule has 1 nitrogen and oxygen atoms in total. The fourth-order valence-electron chi connectivity index (χ4n) is 1.13. The van der Waals surface area contributed by atoms with Gasteiger partial charge in [-0.2, -0.15) is 0 Å². The van der Waals surface area contributed by atoms with Gasteiger partial charge < -0.3 is 5.32 Å². The zero-order valence-corrected chi connectivity index (χ0v) is 9.16. The lowest BCUT2D eigenvalue weighted by atomic mass is 10.2. The molecule has 13 heavy (non-hydrogen) atoms. The van der Waals surface area contributed by atoms with Crippen LogP contribution in [0.25, 0.3) is 6.08 Å². The summed E-state index contributed by atoms with van der Waals surface area (Å²) in [5, 5.41) is 5.49. The molecule has 1 N–H and O–H groups in total. The van der Waals surface area contributed by atoms with Gasteiger partial charge >= 0.3 is 0 Å². The van der Waals surface area contributed by atoms with Gasteiger partial charge in [-0.3, -0.25) is 0 Å². The lowest BCUT2D eigenvalue weighted by Gasteiger charge is -2.01. The first-order valence-corrected chi connectivity index (χ1v) is 5.62. The van der Waals surface area contributed by atoms with Crippen molar-refractivity contribution in [3.63, 3.8) is 0 Å². The van der Waals surface area contributed by atoms with Crippen molar-refractivity contribution >= 4 is 17.4 Å². The third-order valence-electron chi connectivity index (χ3n) is 1.76. The molecule has 1 aromatic heterocycles. The smallest absolute Gasteiger partial charge is 0.0270 e. The Kier molecular flexibility index (Phi) is 4.79. The Morgan fingerprint density at radius 3 is 3.08 bits per heavy atom. The van der Waals surface area contributed by atoms with E-state index < -0.39 is 0 Å². The van der Waals surface area contributed by atoms with E-state index in [1.807, 2.05) is 0 Å². The van der Waals surface area contributed by atoms with E-state index in [2.05, 4.69) is 42.8 Å². The molecule has 1 rings (SSSR count). The van der Waals surface area contributed by atoms with Crippen LogP contribution in [0.15, 0.2) is 23.1 Å². The van der Waals surface area contributed by atoms with Crippen molar-refractivity contribution in [2.45, 2.75) is 20.3 Å². The minimum absolute atomic E-state index is 1.01. The average Bonchev–Trinajstić information content (AvgIpc) is 2.57. The van der Waals surface area contributed by atoms with Gasteiger partial charge in [0.25, 0.3) is 0 Å². The number of thiophene rings is 1. The molecule has 0 aliphatic carbocycles. The molecule has 1 aromatic rings. The maximum absolute atomic E-state index is 3.38. The monoisotopic (exact) mass is 195 g/mol. The summed E-state index contributed by atoms with van der Waals surface area (Å²) in [4.78, 5) is 1.34. The molecule has 0 atom stereocenters. The summed E-state index contributed by atoms with van der Waals surface area (Å²) in [7, 11) is 0. The zero-order valence-electron chi connectivity index (χ0n) is 8.34. The highest BCUT2D eigenvalue weighted by Crippen LogP contribution is 2.12. The summed E-state index contributed by atoms with van der Waals surface area (Å²) in [6.45, 7) is 6.47. The van der Waals surface area contributed by atoms with Crippen LogP contribution in [0.5, 0.6) is 0 Å². The van der Waals surface area contributed by atoms with E-state index in [1.165, 1.54) is 16.9 Å². The second-order valence-electron chi connectivity index (χ2n) is 3.18. The molecular formula is C11H17NS. The molecule has 0 aliphatic heterocycles. The fourth-order valence-corrected chi connectivity index (χ4v) is 1.87. The van der Waals surface area contributed by atoms with Gasteiger partial charge in [0.1, 0.15) is 0 Å². The van der Waals surface area contributed by atoms with E-state index in [9.17, 15) is 0 Å². The normalized spacial score (nSPS) is 12.0. The highest BCUT2D eigenvalue weighted by Gasteiger charge is 1.91. The standard InChI is InChI=1S/C11H17NS/c1-3-6-12-9-10(2)8-11-5-4-7-13-11/h4-5,7-8,12H,3,6,9H2,1-2H3. The highest BCUT2D eigenvalue weighted by atomic mass is 32.1. The number of hydrogen-bond donors (Lipinski definition) is 1. The van der Waals surface area contributed by atoms with Crippen LogP contribution in [0.4, 0.5) is 0 Å². The van der Waals surface area contributed by atoms with Crippen molar-refractivity contribution in [2.24, 2.45) is 0 Å². The predicted octanol–water partition coefficient (Wildman–Crippen LogP) is 3.15. The van der Waals surface area contributed by atoms with Crippen LogP contribution >= 0.6 is 11.3 Å². The van der Waals surface area contributed by atoms with Crippen molar-refractivity contribution in [3.8, 4) is 0 Å². The second kappa shape index (κ2) is 5.95. The van der Waals surface area contributed by atoms with Crippen LogP contribution in [-0.2, 0) is 0 Å². The SMILES string of the molecule is CCCNCC(C)=Cc1cccs1. The van der Waals surface area contributed by atoms with Gasteiger partial charge in [0.05, 0.1) is 0 Å². The first kappa shape index (κ1) is 10.5. The van der Waals surface area contributed by atoms with E-state index in [0.29, 0.717) is 0 Å². The molecule has 0 fully saturated rings. The Labute approximate surface area is 84.5 Å². The largest absolute Gasteiger partial charge is 0.313 e. The Hall–Kier alpha value is -0.600.